The number of nitrogens with two attached hydrogens (primary N) is 1. The minimum atomic E-state index is -0.736. The van der Waals surface area contributed by atoms with Crippen LogP contribution in [0, 0.1) is 17.1 Å². The van der Waals surface area contributed by atoms with Gasteiger partial charge in [0.2, 0.25) is 0 Å². The molecular formula is C17H21FN4O3. The van der Waals surface area contributed by atoms with Gasteiger partial charge in [0.1, 0.15) is 23.1 Å². The van der Waals surface area contributed by atoms with Gasteiger partial charge in [0.05, 0.1) is 0 Å². The summed E-state index contributed by atoms with van der Waals surface area (Å²) in [7, 11) is 0. The van der Waals surface area contributed by atoms with Crippen LogP contribution in [0.1, 0.15) is 20.8 Å². The lowest BCUT2D eigenvalue weighted by atomic mass is 10.2. The van der Waals surface area contributed by atoms with E-state index in [1.54, 1.807) is 26.8 Å². The molecule has 0 spiro atoms. The number of ether oxygens (including phenoxy) is 1. The summed E-state index contributed by atoms with van der Waals surface area (Å²) < 4.78 is 18.1. The third-order valence-corrected chi connectivity index (χ3v) is 2.75. The van der Waals surface area contributed by atoms with Gasteiger partial charge in [0.25, 0.3) is 5.91 Å². The molecule has 0 aliphatic heterocycles. The van der Waals surface area contributed by atoms with Crippen molar-refractivity contribution in [3.8, 4) is 6.07 Å². The van der Waals surface area contributed by atoms with E-state index >= 15 is 0 Å². The molecule has 0 atom stereocenters. The summed E-state index contributed by atoms with van der Waals surface area (Å²) in [4.78, 5) is 25.4. The number of nitrogens with one attached hydrogen (secondary N) is 1. The highest BCUT2D eigenvalue weighted by Gasteiger charge is 2.22. The minimum Gasteiger partial charge on any atom is -0.443 e. The van der Waals surface area contributed by atoms with Crippen LogP contribution in [0.5, 0.6) is 0 Å². The second-order valence-corrected chi connectivity index (χ2v) is 6.08. The van der Waals surface area contributed by atoms with Gasteiger partial charge in [-0.2, -0.15) is 5.26 Å². The van der Waals surface area contributed by atoms with Crippen LogP contribution in [0.15, 0.2) is 36.0 Å². The van der Waals surface area contributed by atoms with Crippen molar-refractivity contribution >= 4 is 17.7 Å². The molecule has 0 aromatic heterocycles. The zero-order chi connectivity index (χ0) is 19.0. The molecule has 0 saturated heterocycles. The lowest BCUT2D eigenvalue weighted by Gasteiger charge is -2.25. The van der Waals surface area contributed by atoms with Gasteiger partial charge >= 0.3 is 6.09 Å². The molecule has 3 N–H and O–H groups in total. The highest BCUT2D eigenvalue weighted by atomic mass is 19.1. The number of nitriles is 1. The number of amides is 2. The maximum atomic E-state index is 12.9. The largest absolute Gasteiger partial charge is 0.443 e. The predicted molar refractivity (Wildman–Crippen MR) is 90.7 cm³/mol. The smallest absolute Gasteiger partial charge is 0.414 e. The van der Waals surface area contributed by atoms with Crippen LogP contribution < -0.4 is 11.1 Å². The van der Waals surface area contributed by atoms with Crippen molar-refractivity contribution in [1.29, 1.82) is 5.26 Å². The zero-order valence-electron chi connectivity index (χ0n) is 14.4. The number of rotatable bonds is 5. The van der Waals surface area contributed by atoms with Gasteiger partial charge in [0, 0.05) is 25.0 Å². The molecule has 0 radical (unpaired) electrons. The Balaban J connectivity index is 2.95. The van der Waals surface area contributed by atoms with Gasteiger partial charge in [-0.3, -0.25) is 9.69 Å². The number of hydrogen-bond acceptors (Lipinski definition) is 5. The number of carbonyl (C=O) groups excluding carboxylic acids is 2. The Labute approximate surface area is 145 Å². The van der Waals surface area contributed by atoms with Gasteiger partial charge in [-0.15, -0.1) is 0 Å². The van der Waals surface area contributed by atoms with Crippen molar-refractivity contribution in [1.82, 2.24) is 4.90 Å². The van der Waals surface area contributed by atoms with Crippen molar-refractivity contribution in [3.05, 3.63) is 41.9 Å². The lowest BCUT2D eigenvalue weighted by molar-refractivity contribution is -0.112. The van der Waals surface area contributed by atoms with Crippen LogP contribution in [0.25, 0.3) is 0 Å². The third-order valence-electron chi connectivity index (χ3n) is 2.75. The number of nitrogens with zero attached hydrogens (tertiary/aromatic N) is 2. The van der Waals surface area contributed by atoms with Crippen LogP contribution in [-0.2, 0) is 9.53 Å². The second kappa shape index (κ2) is 8.80. The van der Waals surface area contributed by atoms with Crippen LogP contribution in [0.2, 0.25) is 0 Å². The zero-order valence-corrected chi connectivity index (χ0v) is 14.4. The summed E-state index contributed by atoms with van der Waals surface area (Å²) in [5, 5.41) is 11.6. The van der Waals surface area contributed by atoms with Crippen molar-refractivity contribution < 1.29 is 18.7 Å². The Bertz CT molecular complexity index is 687. The van der Waals surface area contributed by atoms with Crippen LogP contribution in [0.4, 0.5) is 14.9 Å². The average molecular weight is 348 g/mol. The van der Waals surface area contributed by atoms with Crippen LogP contribution in [-0.4, -0.2) is 35.6 Å². The van der Waals surface area contributed by atoms with Crippen LogP contribution in [0.3, 0.4) is 0 Å². The molecule has 1 rings (SSSR count). The first-order chi connectivity index (χ1) is 11.7. The summed E-state index contributed by atoms with van der Waals surface area (Å²) in [6.07, 6.45) is 0.361. The van der Waals surface area contributed by atoms with Gasteiger partial charge < -0.3 is 15.8 Å². The first-order valence-corrected chi connectivity index (χ1v) is 7.55. The summed E-state index contributed by atoms with van der Waals surface area (Å²) in [6, 6.07) is 6.78. The lowest BCUT2D eigenvalue weighted by Crippen LogP contribution is -2.37. The predicted octanol–water partition coefficient (Wildman–Crippen LogP) is 2.37. The molecule has 0 saturated carbocycles. The van der Waals surface area contributed by atoms with Crippen molar-refractivity contribution in [3.63, 3.8) is 0 Å². The molecular weight excluding hydrogens is 327 g/mol. The molecule has 0 aliphatic rings. The van der Waals surface area contributed by atoms with E-state index in [0.717, 1.165) is 11.1 Å². The van der Waals surface area contributed by atoms with Gasteiger partial charge in [-0.1, -0.05) is 0 Å². The Morgan fingerprint density at radius 2 is 1.96 bits per heavy atom. The Morgan fingerprint density at radius 3 is 2.44 bits per heavy atom. The molecule has 2 amide bonds. The summed E-state index contributed by atoms with van der Waals surface area (Å²) in [5.41, 5.74) is 4.73. The summed E-state index contributed by atoms with van der Waals surface area (Å²) >= 11 is 0. The van der Waals surface area contributed by atoms with E-state index in [-0.39, 0.29) is 18.7 Å². The maximum absolute atomic E-state index is 12.9. The fraction of sp³-hybridized carbons (Fsp3) is 0.353. The molecule has 7 nitrogen and oxygen atoms in total. The normalized spacial score (nSPS) is 11.4. The first kappa shape index (κ1) is 20.1. The number of carbonyl (C=O) groups is 2. The molecule has 1 aromatic carbocycles. The molecule has 0 bridgehead atoms. The number of anilines is 1. The monoisotopic (exact) mass is 348 g/mol. The molecule has 8 heteroatoms. The Hall–Kier alpha value is -2.92. The fourth-order valence-corrected chi connectivity index (χ4v) is 1.69. The highest BCUT2D eigenvalue weighted by molar-refractivity contribution is 6.06. The van der Waals surface area contributed by atoms with E-state index in [4.69, 9.17) is 10.5 Å². The van der Waals surface area contributed by atoms with Crippen molar-refractivity contribution in [2.75, 3.05) is 18.4 Å². The van der Waals surface area contributed by atoms with Gasteiger partial charge in [0.15, 0.2) is 0 Å². The van der Waals surface area contributed by atoms with E-state index in [1.165, 1.54) is 24.3 Å². The molecule has 0 aliphatic carbocycles. The Morgan fingerprint density at radius 1 is 1.36 bits per heavy atom. The van der Waals surface area contributed by atoms with Crippen molar-refractivity contribution in [2.45, 2.75) is 26.4 Å². The minimum absolute atomic E-state index is 0.0733. The molecule has 134 valence electrons. The standard InChI is InChI=1S/C17H21FN4O3/c1-17(2,3)25-16(24)22(9-8-19)11-12(10-20)15(23)21-14-6-4-13(18)5-7-14/h4-7,11H,8-9,19H2,1-3H3,(H,21,23)/b12-11-. The molecule has 0 heterocycles. The third kappa shape index (κ3) is 7.01. The van der Waals surface area contributed by atoms with Gasteiger partial charge in [-0.05, 0) is 45.0 Å². The van der Waals surface area contributed by atoms with Crippen LogP contribution >= 0.6 is 0 Å². The molecule has 0 unspecified atom stereocenters. The number of benzene rings is 1. The summed E-state index contributed by atoms with van der Waals surface area (Å²) in [5.74, 6) is -1.19. The Kier molecular flexibility index (Phi) is 7.08. The topological polar surface area (TPSA) is 108 Å². The van der Waals surface area contributed by atoms with Crippen molar-refractivity contribution in [2.24, 2.45) is 5.73 Å². The number of hydrogen-bond donors (Lipinski definition) is 2. The van der Waals surface area contributed by atoms with E-state index in [0.29, 0.717) is 5.69 Å². The highest BCUT2D eigenvalue weighted by Crippen LogP contribution is 2.13. The maximum Gasteiger partial charge on any atom is 0.414 e. The molecule has 25 heavy (non-hydrogen) atoms. The number of halogens is 1. The average Bonchev–Trinajstić information content (AvgIpc) is 2.51. The van der Waals surface area contributed by atoms with E-state index in [9.17, 15) is 19.2 Å². The second-order valence-electron chi connectivity index (χ2n) is 6.08. The summed E-state index contributed by atoms with van der Waals surface area (Å²) in [6.45, 7) is 5.28. The quantitative estimate of drug-likeness (QED) is 0.627. The SMILES string of the molecule is CC(C)(C)OC(=O)N(/C=C(/C#N)C(=O)Nc1ccc(F)cc1)CCN. The van der Waals surface area contributed by atoms with Gasteiger partial charge in [-0.25, -0.2) is 9.18 Å². The van der Waals surface area contributed by atoms with E-state index in [1.807, 2.05) is 0 Å². The molecule has 0 fully saturated rings. The first-order valence-electron chi connectivity index (χ1n) is 7.55. The van der Waals surface area contributed by atoms with E-state index in [2.05, 4.69) is 5.32 Å². The molecule has 1 aromatic rings. The fourth-order valence-electron chi connectivity index (χ4n) is 1.69. The van der Waals surface area contributed by atoms with E-state index < -0.39 is 23.4 Å².